The molecule has 25 heavy (non-hydrogen) atoms. The number of hydrazone groups is 1. The van der Waals surface area contributed by atoms with E-state index < -0.39 is 10.8 Å². The quantitative estimate of drug-likeness (QED) is 0.488. The molecular weight excluding hydrogens is 354 g/mol. The number of nitro groups is 1. The summed E-state index contributed by atoms with van der Waals surface area (Å²) in [4.78, 5) is 22.5. The largest absolute Gasteiger partial charge is 0.507 e. The Bertz CT molecular complexity index is 899. The van der Waals surface area contributed by atoms with Gasteiger partial charge in [0.25, 0.3) is 11.6 Å². The van der Waals surface area contributed by atoms with Gasteiger partial charge in [-0.2, -0.15) is 5.10 Å². The van der Waals surface area contributed by atoms with Crippen molar-refractivity contribution in [2.45, 2.75) is 0 Å². The summed E-state index contributed by atoms with van der Waals surface area (Å²) in [7, 11) is 0. The Morgan fingerprint density at radius 3 is 2.72 bits per heavy atom. The van der Waals surface area contributed by atoms with Crippen LogP contribution in [-0.2, 0) is 0 Å². The zero-order chi connectivity index (χ0) is 18.0. The molecule has 0 spiro atoms. The molecule has 128 valence electrons. The van der Waals surface area contributed by atoms with Crippen LogP contribution in [0, 0.1) is 10.1 Å². The molecule has 1 aliphatic heterocycles. The molecule has 10 heteroatoms. The third kappa shape index (κ3) is 3.45. The van der Waals surface area contributed by atoms with Gasteiger partial charge in [0, 0.05) is 5.02 Å². The highest BCUT2D eigenvalue weighted by Crippen LogP contribution is 2.37. The summed E-state index contributed by atoms with van der Waals surface area (Å²) in [6, 6.07) is 6.57. The average Bonchev–Trinajstić information content (AvgIpc) is 3.01. The van der Waals surface area contributed by atoms with E-state index in [1.165, 1.54) is 30.3 Å². The maximum Gasteiger partial charge on any atom is 0.282 e. The number of fused-ring (bicyclic) bond motifs is 1. The van der Waals surface area contributed by atoms with E-state index in [1.807, 2.05) is 0 Å². The Kier molecular flexibility index (Phi) is 4.40. The van der Waals surface area contributed by atoms with Crippen molar-refractivity contribution in [3.05, 3.63) is 56.6 Å². The number of ether oxygens (including phenoxy) is 2. The number of benzene rings is 2. The van der Waals surface area contributed by atoms with Gasteiger partial charge in [-0.1, -0.05) is 11.6 Å². The van der Waals surface area contributed by atoms with Gasteiger partial charge in [-0.3, -0.25) is 14.9 Å². The third-order valence-electron chi connectivity index (χ3n) is 3.29. The minimum atomic E-state index is -0.700. The molecule has 3 rings (SSSR count). The predicted molar refractivity (Wildman–Crippen MR) is 87.4 cm³/mol. The van der Waals surface area contributed by atoms with Crippen LogP contribution in [0.15, 0.2) is 35.4 Å². The van der Waals surface area contributed by atoms with Crippen molar-refractivity contribution >= 4 is 29.4 Å². The van der Waals surface area contributed by atoms with Crippen molar-refractivity contribution in [1.29, 1.82) is 0 Å². The Labute approximate surface area is 145 Å². The van der Waals surface area contributed by atoms with Crippen molar-refractivity contribution in [3.8, 4) is 17.2 Å². The number of nitro benzene ring substituents is 1. The molecule has 0 unspecified atom stereocenters. The average molecular weight is 364 g/mol. The molecule has 0 atom stereocenters. The fourth-order valence-electron chi connectivity index (χ4n) is 2.13. The molecule has 1 heterocycles. The van der Waals surface area contributed by atoms with Gasteiger partial charge < -0.3 is 14.6 Å². The van der Waals surface area contributed by atoms with Crippen LogP contribution in [0.1, 0.15) is 15.9 Å². The number of carbonyl (C=O) groups is 1. The lowest BCUT2D eigenvalue weighted by atomic mass is 10.1. The SMILES string of the molecule is O=C(N/N=C/c1cc2c(cc1[N+](=O)[O-])OCO2)c1ccc(Cl)cc1O. The Morgan fingerprint density at radius 2 is 2.04 bits per heavy atom. The molecule has 9 nitrogen and oxygen atoms in total. The molecule has 1 amide bonds. The van der Waals surface area contributed by atoms with Gasteiger partial charge in [-0.25, -0.2) is 5.43 Å². The van der Waals surface area contributed by atoms with Crippen LogP contribution >= 0.6 is 11.6 Å². The standard InChI is InChI=1S/C15H10ClN3O6/c16-9-1-2-10(12(20)4-9)15(21)18-17-6-8-3-13-14(25-7-24-13)5-11(8)19(22)23/h1-6,20H,7H2,(H,18,21)/b17-6+. The zero-order valence-corrected chi connectivity index (χ0v) is 13.2. The van der Waals surface area contributed by atoms with Gasteiger partial charge in [-0.05, 0) is 24.3 Å². The van der Waals surface area contributed by atoms with Crippen molar-refractivity contribution in [1.82, 2.24) is 5.43 Å². The van der Waals surface area contributed by atoms with Crippen LogP contribution in [0.4, 0.5) is 5.69 Å². The molecule has 2 aromatic carbocycles. The number of hydrogen-bond acceptors (Lipinski definition) is 7. The minimum absolute atomic E-state index is 0.0281. The molecule has 0 saturated carbocycles. The van der Waals surface area contributed by atoms with Gasteiger partial charge in [0.1, 0.15) is 5.75 Å². The Hall–Kier alpha value is -3.33. The number of nitrogens with one attached hydrogen (secondary N) is 1. The van der Waals surface area contributed by atoms with Crippen LogP contribution < -0.4 is 14.9 Å². The van der Waals surface area contributed by atoms with E-state index in [4.69, 9.17) is 21.1 Å². The monoisotopic (exact) mass is 363 g/mol. The maximum atomic E-state index is 12.0. The van der Waals surface area contributed by atoms with Crippen molar-refractivity contribution < 1.29 is 24.3 Å². The van der Waals surface area contributed by atoms with Gasteiger partial charge in [0.15, 0.2) is 11.5 Å². The summed E-state index contributed by atoms with van der Waals surface area (Å²) < 4.78 is 10.2. The fraction of sp³-hybridized carbons (Fsp3) is 0.0667. The number of aromatic hydroxyl groups is 1. The molecule has 0 radical (unpaired) electrons. The molecule has 0 aromatic heterocycles. The first kappa shape index (κ1) is 16.5. The second-order valence-corrected chi connectivity index (χ2v) is 5.32. The van der Waals surface area contributed by atoms with Gasteiger partial charge >= 0.3 is 0 Å². The Morgan fingerprint density at radius 1 is 1.32 bits per heavy atom. The van der Waals surface area contributed by atoms with Gasteiger partial charge in [-0.15, -0.1) is 0 Å². The lowest BCUT2D eigenvalue weighted by Crippen LogP contribution is -2.17. The van der Waals surface area contributed by atoms with Crippen LogP contribution in [0.25, 0.3) is 0 Å². The number of amides is 1. The summed E-state index contributed by atoms with van der Waals surface area (Å²) in [6.07, 6.45) is 1.10. The van der Waals surface area contributed by atoms with Crippen molar-refractivity contribution in [3.63, 3.8) is 0 Å². The summed E-state index contributed by atoms with van der Waals surface area (Å²) in [6.45, 7) is -0.0281. The second kappa shape index (κ2) is 6.65. The highest BCUT2D eigenvalue weighted by molar-refractivity contribution is 6.30. The summed E-state index contributed by atoms with van der Waals surface area (Å²) in [5, 5.41) is 24.8. The van der Waals surface area contributed by atoms with E-state index in [1.54, 1.807) is 0 Å². The van der Waals surface area contributed by atoms with Crippen LogP contribution in [0.5, 0.6) is 17.2 Å². The van der Waals surface area contributed by atoms with E-state index in [0.29, 0.717) is 5.75 Å². The Balaban J connectivity index is 1.80. The number of nitrogens with zero attached hydrogens (tertiary/aromatic N) is 2. The van der Waals surface area contributed by atoms with Gasteiger partial charge in [0.05, 0.1) is 28.3 Å². The van der Waals surface area contributed by atoms with Crippen LogP contribution in [0.3, 0.4) is 0 Å². The molecule has 2 N–H and O–H groups in total. The van der Waals surface area contributed by atoms with Gasteiger partial charge in [0.2, 0.25) is 6.79 Å². The van der Waals surface area contributed by atoms with E-state index >= 15 is 0 Å². The molecule has 0 fully saturated rings. The summed E-state index contributed by atoms with van der Waals surface area (Å²) in [5.41, 5.74) is 2.00. The minimum Gasteiger partial charge on any atom is -0.507 e. The molecule has 2 aromatic rings. The van der Waals surface area contributed by atoms with Crippen molar-refractivity contribution in [2.24, 2.45) is 5.10 Å². The predicted octanol–water partition coefficient (Wildman–Crippen LogP) is 2.45. The summed E-state index contributed by atoms with van der Waals surface area (Å²) in [5.74, 6) is -0.407. The number of phenolic OH excluding ortho intramolecular Hbond substituents is 1. The smallest absolute Gasteiger partial charge is 0.282 e. The molecule has 0 aliphatic carbocycles. The molecule has 0 bridgehead atoms. The summed E-state index contributed by atoms with van der Waals surface area (Å²) >= 11 is 5.69. The maximum absolute atomic E-state index is 12.0. The van der Waals surface area contributed by atoms with Crippen LogP contribution in [-0.4, -0.2) is 28.9 Å². The number of carbonyl (C=O) groups excluding carboxylic acids is 1. The zero-order valence-electron chi connectivity index (χ0n) is 12.4. The highest BCUT2D eigenvalue weighted by Gasteiger charge is 2.22. The number of halogens is 1. The fourth-order valence-corrected chi connectivity index (χ4v) is 2.29. The number of rotatable bonds is 4. The van der Waals surface area contributed by atoms with Crippen LogP contribution in [0.2, 0.25) is 5.02 Å². The first-order chi connectivity index (χ1) is 12.0. The topological polar surface area (TPSA) is 123 Å². The molecular formula is C15H10ClN3O6. The van der Waals surface area contributed by atoms with E-state index in [2.05, 4.69) is 10.5 Å². The highest BCUT2D eigenvalue weighted by atomic mass is 35.5. The number of phenols is 1. The lowest BCUT2D eigenvalue weighted by molar-refractivity contribution is -0.385. The normalized spacial score (nSPS) is 12.4. The first-order valence-electron chi connectivity index (χ1n) is 6.85. The lowest BCUT2D eigenvalue weighted by Gasteiger charge is -2.03. The number of hydrogen-bond donors (Lipinski definition) is 2. The van der Waals surface area contributed by atoms with E-state index in [-0.39, 0.29) is 40.1 Å². The first-order valence-corrected chi connectivity index (χ1v) is 7.23. The van der Waals surface area contributed by atoms with Crippen molar-refractivity contribution in [2.75, 3.05) is 6.79 Å². The molecule has 1 aliphatic rings. The molecule has 0 saturated heterocycles. The van der Waals surface area contributed by atoms with E-state index in [0.717, 1.165) is 6.21 Å². The van der Waals surface area contributed by atoms with E-state index in [9.17, 15) is 20.0 Å². The third-order valence-corrected chi connectivity index (χ3v) is 3.53. The second-order valence-electron chi connectivity index (χ2n) is 4.88.